The van der Waals surface area contributed by atoms with Crippen LogP contribution in [0.3, 0.4) is 0 Å². The van der Waals surface area contributed by atoms with Crippen molar-refractivity contribution in [3.8, 4) is 17.8 Å². The van der Waals surface area contributed by atoms with E-state index in [4.69, 9.17) is 15.7 Å². The lowest BCUT2D eigenvalue weighted by atomic mass is 10.2. The molecule has 0 saturated carbocycles. The van der Waals surface area contributed by atoms with Crippen molar-refractivity contribution >= 4 is 5.82 Å². The third-order valence-electron chi connectivity index (χ3n) is 1.85. The Bertz CT molecular complexity index is 530. The van der Waals surface area contributed by atoms with E-state index < -0.39 is 0 Å². The monoisotopic (exact) mass is 212 g/mol. The lowest BCUT2D eigenvalue weighted by Crippen LogP contribution is -1.95. The molecule has 1 aromatic carbocycles. The molecule has 0 unspecified atom stereocenters. The first-order valence-electron chi connectivity index (χ1n) is 4.54. The molecule has 0 amide bonds. The van der Waals surface area contributed by atoms with Gasteiger partial charge < -0.3 is 10.5 Å². The van der Waals surface area contributed by atoms with Gasteiger partial charge in [-0.1, -0.05) is 0 Å². The molecule has 0 atom stereocenters. The average molecular weight is 212 g/mol. The fourth-order valence-electron chi connectivity index (χ4n) is 1.11. The van der Waals surface area contributed by atoms with Crippen LogP contribution in [0.15, 0.2) is 36.5 Å². The summed E-state index contributed by atoms with van der Waals surface area (Å²) in [6.07, 6.45) is 1.52. The minimum Gasteiger partial charge on any atom is -0.424 e. The van der Waals surface area contributed by atoms with E-state index in [1.165, 1.54) is 6.20 Å². The number of nitrogens with zero attached hydrogens (tertiary/aromatic N) is 3. The Balaban J connectivity index is 2.18. The van der Waals surface area contributed by atoms with Gasteiger partial charge in [0, 0.05) is 6.20 Å². The summed E-state index contributed by atoms with van der Waals surface area (Å²) in [5.41, 5.74) is 6.05. The van der Waals surface area contributed by atoms with Crippen LogP contribution in [0.25, 0.3) is 0 Å². The molecular formula is C11H8N4O. The van der Waals surface area contributed by atoms with Crippen LogP contribution in [-0.4, -0.2) is 9.97 Å². The number of ether oxygens (including phenoxy) is 1. The van der Waals surface area contributed by atoms with E-state index >= 15 is 0 Å². The lowest BCUT2D eigenvalue weighted by Gasteiger charge is -2.03. The zero-order chi connectivity index (χ0) is 11.4. The summed E-state index contributed by atoms with van der Waals surface area (Å²) >= 11 is 0. The smallest absolute Gasteiger partial charge is 0.323 e. The van der Waals surface area contributed by atoms with E-state index in [0.717, 1.165) is 0 Å². The Morgan fingerprint density at radius 3 is 2.56 bits per heavy atom. The molecule has 0 spiro atoms. The van der Waals surface area contributed by atoms with Crippen molar-refractivity contribution in [3.63, 3.8) is 0 Å². The molecular weight excluding hydrogens is 204 g/mol. The first-order chi connectivity index (χ1) is 7.78. The number of nitrogen functional groups attached to an aromatic ring is 1. The zero-order valence-corrected chi connectivity index (χ0v) is 8.29. The molecule has 2 rings (SSSR count). The van der Waals surface area contributed by atoms with E-state index in [9.17, 15) is 0 Å². The Hall–Kier alpha value is -2.61. The van der Waals surface area contributed by atoms with Crippen molar-refractivity contribution in [2.45, 2.75) is 0 Å². The molecule has 0 radical (unpaired) electrons. The summed E-state index contributed by atoms with van der Waals surface area (Å²) in [6.45, 7) is 0. The Labute approximate surface area is 92.1 Å². The van der Waals surface area contributed by atoms with Crippen LogP contribution in [0.2, 0.25) is 0 Å². The summed E-state index contributed by atoms with van der Waals surface area (Å²) in [4.78, 5) is 7.79. The highest BCUT2D eigenvalue weighted by atomic mass is 16.5. The number of nitriles is 1. The predicted molar refractivity (Wildman–Crippen MR) is 57.7 cm³/mol. The number of benzene rings is 1. The van der Waals surface area contributed by atoms with Gasteiger partial charge in [0.15, 0.2) is 0 Å². The molecule has 1 aromatic heterocycles. The van der Waals surface area contributed by atoms with Crippen LogP contribution in [0.5, 0.6) is 11.8 Å². The third-order valence-corrected chi connectivity index (χ3v) is 1.85. The predicted octanol–water partition coefficient (Wildman–Crippen LogP) is 1.72. The number of aromatic nitrogens is 2. The van der Waals surface area contributed by atoms with Crippen molar-refractivity contribution in [1.29, 1.82) is 5.26 Å². The maximum Gasteiger partial charge on any atom is 0.323 e. The second kappa shape index (κ2) is 4.28. The molecule has 78 valence electrons. The van der Waals surface area contributed by atoms with Gasteiger partial charge in [-0.25, -0.2) is 4.98 Å². The average Bonchev–Trinajstić information content (AvgIpc) is 2.30. The second-order valence-corrected chi connectivity index (χ2v) is 3.00. The Morgan fingerprint density at radius 1 is 1.19 bits per heavy atom. The van der Waals surface area contributed by atoms with Crippen molar-refractivity contribution < 1.29 is 4.74 Å². The lowest BCUT2D eigenvalue weighted by molar-refractivity contribution is 0.443. The fraction of sp³-hybridized carbons (Fsp3) is 0. The number of anilines is 1. The third kappa shape index (κ3) is 2.25. The van der Waals surface area contributed by atoms with Crippen molar-refractivity contribution in [3.05, 3.63) is 42.1 Å². The number of hydrogen-bond acceptors (Lipinski definition) is 5. The van der Waals surface area contributed by atoms with E-state index in [-0.39, 0.29) is 6.01 Å². The van der Waals surface area contributed by atoms with Crippen molar-refractivity contribution in [2.75, 3.05) is 5.73 Å². The first-order valence-corrected chi connectivity index (χ1v) is 4.54. The minimum atomic E-state index is 0.185. The molecule has 0 saturated heterocycles. The number of hydrogen-bond donors (Lipinski definition) is 1. The van der Waals surface area contributed by atoms with Crippen molar-refractivity contribution in [2.24, 2.45) is 0 Å². The Kier molecular flexibility index (Phi) is 2.65. The largest absolute Gasteiger partial charge is 0.424 e. The van der Waals surface area contributed by atoms with Crippen LogP contribution in [-0.2, 0) is 0 Å². The molecule has 0 aliphatic carbocycles. The van der Waals surface area contributed by atoms with E-state index in [1.54, 1.807) is 30.3 Å². The summed E-state index contributed by atoms with van der Waals surface area (Å²) in [6, 6.07) is 10.4. The quantitative estimate of drug-likeness (QED) is 0.819. The summed E-state index contributed by atoms with van der Waals surface area (Å²) in [5, 5.41) is 8.62. The molecule has 0 fully saturated rings. The number of rotatable bonds is 2. The summed E-state index contributed by atoms with van der Waals surface area (Å²) in [5.74, 6) is 0.906. The van der Waals surface area contributed by atoms with Crippen LogP contribution in [0, 0.1) is 11.3 Å². The van der Waals surface area contributed by atoms with Crippen molar-refractivity contribution in [1.82, 2.24) is 9.97 Å². The first kappa shape index (κ1) is 9.93. The highest BCUT2D eigenvalue weighted by Crippen LogP contribution is 2.18. The van der Waals surface area contributed by atoms with Crippen LogP contribution >= 0.6 is 0 Å². The Morgan fingerprint density at radius 2 is 1.94 bits per heavy atom. The molecule has 16 heavy (non-hydrogen) atoms. The van der Waals surface area contributed by atoms with Crippen LogP contribution in [0.1, 0.15) is 5.56 Å². The van der Waals surface area contributed by atoms with Gasteiger partial charge in [0.2, 0.25) is 0 Å². The van der Waals surface area contributed by atoms with Gasteiger partial charge in [-0.3, -0.25) is 0 Å². The van der Waals surface area contributed by atoms with Gasteiger partial charge in [-0.2, -0.15) is 10.2 Å². The normalized spacial score (nSPS) is 9.44. The second-order valence-electron chi connectivity index (χ2n) is 3.00. The fourth-order valence-corrected chi connectivity index (χ4v) is 1.11. The van der Waals surface area contributed by atoms with E-state index in [0.29, 0.717) is 17.1 Å². The molecule has 2 N–H and O–H groups in total. The topological polar surface area (TPSA) is 84.8 Å². The molecule has 5 heteroatoms. The van der Waals surface area contributed by atoms with Gasteiger partial charge in [0.1, 0.15) is 11.6 Å². The molecule has 0 aliphatic rings. The standard InChI is InChI=1S/C11H8N4O/c12-7-8-1-3-9(4-2-8)16-11-14-6-5-10(13)15-11/h1-6H,(H2,13,14,15). The van der Waals surface area contributed by atoms with Gasteiger partial charge in [-0.15, -0.1) is 0 Å². The maximum absolute atomic E-state index is 8.62. The SMILES string of the molecule is N#Cc1ccc(Oc2nccc(N)n2)cc1. The van der Waals surface area contributed by atoms with Gasteiger partial charge >= 0.3 is 6.01 Å². The molecule has 2 aromatic rings. The van der Waals surface area contributed by atoms with E-state index in [1.807, 2.05) is 6.07 Å². The summed E-state index contributed by atoms with van der Waals surface area (Å²) < 4.78 is 5.35. The maximum atomic E-state index is 8.62. The number of nitrogens with two attached hydrogens (primary N) is 1. The van der Waals surface area contributed by atoms with Gasteiger partial charge in [0.25, 0.3) is 0 Å². The van der Waals surface area contributed by atoms with Gasteiger partial charge in [0.05, 0.1) is 11.6 Å². The van der Waals surface area contributed by atoms with Crippen LogP contribution < -0.4 is 10.5 Å². The molecule has 0 bridgehead atoms. The zero-order valence-electron chi connectivity index (χ0n) is 8.29. The molecule has 0 aliphatic heterocycles. The highest BCUT2D eigenvalue weighted by molar-refractivity contribution is 5.36. The van der Waals surface area contributed by atoms with Gasteiger partial charge in [-0.05, 0) is 30.3 Å². The minimum absolute atomic E-state index is 0.185. The van der Waals surface area contributed by atoms with E-state index in [2.05, 4.69) is 9.97 Å². The van der Waals surface area contributed by atoms with Crippen LogP contribution in [0.4, 0.5) is 5.82 Å². The highest BCUT2D eigenvalue weighted by Gasteiger charge is 2.00. The summed E-state index contributed by atoms with van der Waals surface area (Å²) in [7, 11) is 0. The molecule has 1 heterocycles. The molecule has 5 nitrogen and oxygen atoms in total.